The first kappa shape index (κ1) is 18.5. The topological polar surface area (TPSA) is 79.7 Å². The zero-order valence-corrected chi connectivity index (χ0v) is 15.7. The third-order valence-corrected chi connectivity index (χ3v) is 5.82. The van der Waals surface area contributed by atoms with Gasteiger partial charge >= 0.3 is 5.97 Å². The number of fused-ring (bicyclic) bond motifs is 1. The van der Waals surface area contributed by atoms with Crippen LogP contribution in [0.1, 0.15) is 48.0 Å². The van der Waals surface area contributed by atoms with Crippen LogP contribution in [-0.4, -0.2) is 39.0 Å². The number of nitrogens with zero attached hydrogens (tertiary/aromatic N) is 2. The summed E-state index contributed by atoms with van der Waals surface area (Å²) in [6, 6.07) is 12.4. The Bertz CT molecular complexity index is 837. The van der Waals surface area contributed by atoms with Gasteiger partial charge in [-0.25, -0.2) is 9.78 Å². The Balaban J connectivity index is 1.47. The second-order valence-electron chi connectivity index (χ2n) is 7.57. The maximum Gasteiger partial charge on any atom is 0.326 e. The van der Waals surface area contributed by atoms with Gasteiger partial charge in [-0.3, -0.25) is 4.79 Å². The predicted molar refractivity (Wildman–Crippen MR) is 103 cm³/mol. The van der Waals surface area contributed by atoms with Crippen molar-refractivity contribution < 1.29 is 19.4 Å². The van der Waals surface area contributed by atoms with E-state index in [1.165, 1.54) is 6.20 Å². The second kappa shape index (κ2) is 8.00. The number of pyridine rings is 1. The van der Waals surface area contributed by atoms with Crippen molar-refractivity contribution in [3.05, 3.63) is 59.8 Å². The number of hydrogen-bond donors (Lipinski definition) is 1. The minimum Gasteiger partial charge on any atom is -0.480 e. The minimum atomic E-state index is -0.918. The van der Waals surface area contributed by atoms with E-state index in [0.717, 1.165) is 31.2 Å². The molecule has 1 aliphatic heterocycles. The molecule has 6 heteroatoms. The van der Waals surface area contributed by atoms with Gasteiger partial charge in [-0.05, 0) is 36.8 Å². The smallest absolute Gasteiger partial charge is 0.326 e. The van der Waals surface area contributed by atoms with E-state index in [1.54, 1.807) is 17.0 Å². The van der Waals surface area contributed by atoms with Gasteiger partial charge in [-0.2, -0.15) is 0 Å². The summed E-state index contributed by atoms with van der Waals surface area (Å²) in [6.07, 6.45) is 6.08. The fourth-order valence-electron chi connectivity index (χ4n) is 4.45. The molecule has 3 atom stereocenters. The fourth-order valence-corrected chi connectivity index (χ4v) is 4.45. The van der Waals surface area contributed by atoms with Crippen molar-refractivity contribution in [2.24, 2.45) is 5.92 Å². The van der Waals surface area contributed by atoms with Crippen molar-refractivity contribution in [1.82, 2.24) is 9.88 Å². The van der Waals surface area contributed by atoms with E-state index in [0.29, 0.717) is 30.4 Å². The Labute approximate surface area is 164 Å². The average Bonchev–Trinajstić information content (AvgIpc) is 3.13. The average molecular weight is 380 g/mol. The third kappa shape index (κ3) is 3.72. The number of carboxylic acid groups (broad SMARTS) is 1. The molecule has 1 aromatic heterocycles. The number of rotatable bonds is 5. The Kier molecular flexibility index (Phi) is 5.28. The summed E-state index contributed by atoms with van der Waals surface area (Å²) in [6.45, 7) is 0.401. The highest BCUT2D eigenvalue weighted by atomic mass is 16.5. The lowest BCUT2D eigenvalue weighted by Crippen LogP contribution is -2.46. The molecule has 2 fully saturated rings. The molecule has 3 unspecified atom stereocenters. The minimum absolute atomic E-state index is 0.0244. The lowest BCUT2D eigenvalue weighted by Gasteiger charge is -2.33. The van der Waals surface area contributed by atoms with Crippen LogP contribution in [0.5, 0.6) is 5.88 Å². The molecule has 1 saturated carbocycles. The Morgan fingerprint density at radius 3 is 2.61 bits per heavy atom. The summed E-state index contributed by atoms with van der Waals surface area (Å²) in [5.41, 5.74) is 1.44. The van der Waals surface area contributed by atoms with Crippen molar-refractivity contribution >= 4 is 11.9 Å². The van der Waals surface area contributed by atoms with Crippen molar-refractivity contribution in [2.45, 2.75) is 50.8 Å². The molecule has 1 aromatic carbocycles. The van der Waals surface area contributed by atoms with Gasteiger partial charge < -0.3 is 14.7 Å². The quantitative estimate of drug-likeness (QED) is 0.858. The molecule has 28 heavy (non-hydrogen) atoms. The van der Waals surface area contributed by atoms with Crippen LogP contribution in [0.4, 0.5) is 0 Å². The van der Waals surface area contributed by atoms with Crippen molar-refractivity contribution in [3.63, 3.8) is 0 Å². The van der Waals surface area contributed by atoms with Crippen LogP contribution in [0.2, 0.25) is 0 Å². The van der Waals surface area contributed by atoms with Crippen molar-refractivity contribution in [2.75, 3.05) is 0 Å². The van der Waals surface area contributed by atoms with E-state index in [1.807, 2.05) is 30.3 Å². The summed E-state index contributed by atoms with van der Waals surface area (Å²) < 4.78 is 5.67. The molecule has 4 rings (SSSR count). The highest BCUT2D eigenvalue weighted by Gasteiger charge is 2.47. The summed E-state index contributed by atoms with van der Waals surface area (Å²) >= 11 is 0. The number of carbonyl (C=O) groups excluding carboxylic acids is 1. The fraction of sp³-hybridized carbons (Fsp3) is 0.409. The number of likely N-dealkylation sites (tertiary alicyclic amines) is 1. The normalized spacial score (nSPS) is 23.9. The van der Waals surface area contributed by atoms with Gasteiger partial charge in [0.2, 0.25) is 5.88 Å². The largest absolute Gasteiger partial charge is 0.480 e. The first-order valence-corrected chi connectivity index (χ1v) is 9.82. The molecule has 2 aromatic rings. The molecule has 1 saturated heterocycles. The first-order valence-electron chi connectivity index (χ1n) is 9.82. The van der Waals surface area contributed by atoms with Crippen LogP contribution < -0.4 is 4.74 Å². The van der Waals surface area contributed by atoms with Gasteiger partial charge in [0.1, 0.15) is 12.6 Å². The Morgan fingerprint density at radius 1 is 1.11 bits per heavy atom. The highest BCUT2D eigenvalue weighted by Crippen LogP contribution is 2.40. The van der Waals surface area contributed by atoms with Gasteiger partial charge in [0.05, 0.1) is 5.56 Å². The van der Waals surface area contributed by atoms with E-state index in [4.69, 9.17) is 4.74 Å². The molecular weight excluding hydrogens is 356 g/mol. The van der Waals surface area contributed by atoms with E-state index >= 15 is 0 Å². The van der Waals surface area contributed by atoms with Gasteiger partial charge in [0.25, 0.3) is 5.91 Å². The molecular formula is C22H24N2O4. The maximum absolute atomic E-state index is 13.1. The zero-order chi connectivity index (χ0) is 19.5. The van der Waals surface area contributed by atoms with Crippen molar-refractivity contribution in [1.29, 1.82) is 0 Å². The van der Waals surface area contributed by atoms with Gasteiger partial charge in [-0.1, -0.05) is 43.2 Å². The van der Waals surface area contributed by atoms with Gasteiger partial charge in [0.15, 0.2) is 0 Å². The lowest BCUT2D eigenvalue weighted by molar-refractivity contribution is -0.141. The molecule has 1 aliphatic carbocycles. The Morgan fingerprint density at radius 2 is 1.89 bits per heavy atom. The molecule has 0 bridgehead atoms. The van der Waals surface area contributed by atoms with Crippen molar-refractivity contribution in [3.8, 4) is 5.88 Å². The van der Waals surface area contributed by atoms with E-state index < -0.39 is 12.0 Å². The van der Waals surface area contributed by atoms with Gasteiger partial charge in [0, 0.05) is 18.3 Å². The lowest BCUT2D eigenvalue weighted by atomic mass is 9.84. The van der Waals surface area contributed by atoms with Gasteiger partial charge in [-0.15, -0.1) is 0 Å². The maximum atomic E-state index is 13.1. The van der Waals surface area contributed by atoms with Crippen LogP contribution in [0.15, 0.2) is 48.7 Å². The van der Waals surface area contributed by atoms with E-state index in [2.05, 4.69) is 4.98 Å². The van der Waals surface area contributed by atoms with Crippen LogP contribution >= 0.6 is 0 Å². The number of carbonyl (C=O) groups is 2. The SMILES string of the molecule is O=C(O)C1CC2CCCCC2N1C(=O)c1ccc(OCc2ccccc2)nc1. The number of hydrogen-bond acceptors (Lipinski definition) is 4. The molecule has 2 aliphatic rings. The molecule has 1 amide bonds. The molecule has 146 valence electrons. The number of aliphatic carboxylic acids is 1. The van der Waals surface area contributed by atoms with Crippen LogP contribution in [0.25, 0.3) is 0 Å². The second-order valence-corrected chi connectivity index (χ2v) is 7.57. The summed E-state index contributed by atoms with van der Waals surface area (Å²) in [7, 11) is 0. The third-order valence-electron chi connectivity index (χ3n) is 5.82. The number of amides is 1. The monoisotopic (exact) mass is 380 g/mol. The number of ether oxygens (including phenoxy) is 1. The van der Waals surface area contributed by atoms with E-state index in [-0.39, 0.29) is 11.9 Å². The van der Waals surface area contributed by atoms with Crippen LogP contribution in [0, 0.1) is 5.92 Å². The molecule has 2 heterocycles. The van der Waals surface area contributed by atoms with E-state index in [9.17, 15) is 14.7 Å². The first-order chi connectivity index (χ1) is 13.6. The number of carboxylic acids is 1. The Hall–Kier alpha value is -2.89. The molecule has 1 N–H and O–H groups in total. The number of aromatic nitrogens is 1. The summed E-state index contributed by atoms with van der Waals surface area (Å²) in [5.74, 6) is -0.435. The predicted octanol–water partition coefficient (Wildman–Crippen LogP) is 3.52. The zero-order valence-electron chi connectivity index (χ0n) is 15.7. The van der Waals surface area contributed by atoms with Crippen LogP contribution in [-0.2, 0) is 11.4 Å². The molecule has 6 nitrogen and oxygen atoms in total. The number of benzene rings is 1. The highest BCUT2D eigenvalue weighted by molar-refractivity contribution is 5.97. The van der Waals surface area contributed by atoms with Crippen LogP contribution in [0.3, 0.4) is 0 Å². The summed E-state index contributed by atoms with van der Waals surface area (Å²) in [4.78, 5) is 30.7. The standard InChI is InChI=1S/C22H24N2O4/c25-21(24-18-9-5-4-8-16(18)12-19(24)22(26)27)17-10-11-20(23-13-17)28-14-15-6-2-1-3-7-15/h1-3,6-7,10-11,13,16,18-19H,4-5,8-9,12,14H2,(H,26,27). The summed E-state index contributed by atoms with van der Waals surface area (Å²) in [5, 5.41) is 9.62. The molecule has 0 spiro atoms. The molecule has 0 radical (unpaired) electrons.